The molecule has 0 spiro atoms. The van der Waals surface area contributed by atoms with Crippen LogP contribution in [0.15, 0.2) is 24.3 Å². The molecule has 0 unspecified atom stereocenters. The van der Waals surface area contributed by atoms with Crippen LogP contribution < -0.4 is 20.1 Å². The van der Waals surface area contributed by atoms with Crippen molar-refractivity contribution in [3.05, 3.63) is 35.7 Å². The first-order valence-electron chi connectivity index (χ1n) is 9.35. The van der Waals surface area contributed by atoms with Crippen molar-refractivity contribution in [1.82, 2.24) is 15.0 Å². The van der Waals surface area contributed by atoms with Gasteiger partial charge in [0.05, 0.1) is 13.2 Å². The zero-order valence-corrected chi connectivity index (χ0v) is 17.2. The van der Waals surface area contributed by atoms with Crippen LogP contribution in [0.2, 0.25) is 0 Å². The summed E-state index contributed by atoms with van der Waals surface area (Å²) in [4.78, 5) is 25.9. The fraction of sp³-hybridized carbons (Fsp3) is 0.400. The predicted octanol–water partition coefficient (Wildman–Crippen LogP) is 2.46. The average Bonchev–Trinajstić information content (AvgIpc) is 2.69. The SMILES string of the molecule is CCCOc1ccc(/C=C/C(=O)OCc2nc(N)nc(N(C)C)n2)cc1OCC. The number of carbonyl (C=O) groups is 1. The van der Waals surface area contributed by atoms with Gasteiger partial charge in [-0.1, -0.05) is 13.0 Å². The third kappa shape index (κ3) is 6.95. The first-order valence-corrected chi connectivity index (χ1v) is 9.35. The largest absolute Gasteiger partial charge is 0.490 e. The Balaban J connectivity index is 2.00. The van der Waals surface area contributed by atoms with E-state index in [1.54, 1.807) is 25.1 Å². The Morgan fingerprint density at radius 3 is 2.62 bits per heavy atom. The quantitative estimate of drug-likeness (QED) is 0.474. The number of ether oxygens (including phenoxy) is 3. The molecule has 9 heteroatoms. The van der Waals surface area contributed by atoms with Crippen molar-refractivity contribution in [2.24, 2.45) is 0 Å². The van der Waals surface area contributed by atoms with E-state index in [-0.39, 0.29) is 18.4 Å². The fourth-order valence-corrected chi connectivity index (χ4v) is 2.27. The number of nitrogens with zero attached hydrogens (tertiary/aromatic N) is 4. The van der Waals surface area contributed by atoms with Crippen LogP contribution >= 0.6 is 0 Å². The van der Waals surface area contributed by atoms with Crippen molar-refractivity contribution in [3.8, 4) is 11.5 Å². The minimum absolute atomic E-state index is 0.0686. The molecule has 2 rings (SSSR count). The lowest BCUT2D eigenvalue weighted by Gasteiger charge is -2.12. The van der Waals surface area contributed by atoms with E-state index in [1.165, 1.54) is 6.08 Å². The molecular formula is C20H27N5O4. The van der Waals surface area contributed by atoms with Crippen LogP contribution in [0.3, 0.4) is 0 Å². The molecule has 1 aromatic heterocycles. The number of aromatic nitrogens is 3. The Morgan fingerprint density at radius 1 is 1.14 bits per heavy atom. The van der Waals surface area contributed by atoms with Crippen molar-refractivity contribution < 1.29 is 19.0 Å². The second-order valence-corrected chi connectivity index (χ2v) is 6.23. The summed E-state index contributed by atoms with van der Waals surface area (Å²) < 4.78 is 16.5. The highest BCUT2D eigenvalue weighted by Gasteiger charge is 2.09. The molecule has 0 saturated carbocycles. The van der Waals surface area contributed by atoms with Gasteiger partial charge in [-0.2, -0.15) is 15.0 Å². The second kappa shape index (κ2) is 10.8. The number of hydrogen-bond acceptors (Lipinski definition) is 9. The molecule has 9 nitrogen and oxygen atoms in total. The van der Waals surface area contributed by atoms with E-state index in [0.29, 0.717) is 30.7 Å². The number of benzene rings is 1. The zero-order valence-electron chi connectivity index (χ0n) is 17.2. The molecule has 29 heavy (non-hydrogen) atoms. The Labute approximate surface area is 170 Å². The molecule has 0 aliphatic heterocycles. The maximum Gasteiger partial charge on any atom is 0.331 e. The van der Waals surface area contributed by atoms with E-state index in [9.17, 15) is 4.79 Å². The molecule has 0 aliphatic carbocycles. The van der Waals surface area contributed by atoms with E-state index in [2.05, 4.69) is 15.0 Å². The molecule has 2 aromatic rings. The monoisotopic (exact) mass is 401 g/mol. The third-order valence-corrected chi connectivity index (χ3v) is 3.57. The maximum absolute atomic E-state index is 12.0. The lowest BCUT2D eigenvalue weighted by atomic mass is 10.2. The number of nitrogens with two attached hydrogens (primary N) is 1. The normalized spacial score (nSPS) is 10.8. The van der Waals surface area contributed by atoms with E-state index in [4.69, 9.17) is 19.9 Å². The summed E-state index contributed by atoms with van der Waals surface area (Å²) in [5.74, 6) is 1.52. The van der Waals surface area contributed by atoms with E-state index in [0.717, 1.165) is 12.0 Å². The summed E-state index contributed by atoms with van der Waals surface area (Å²) in [6.07, 6.45) is 3.87. The molecule has 0 saturated heterocycles. The van der Waals surface area contributed by atoms with Gasteiger partial charge in [-0.15, -0.1) is 0 Å². The van der Waals surface area contributed by atoms with Crippen LogP contribution in [0.5, 0.6) is 11.5 Å². The van der Waals surface area contributed by atoms with Crippen LogP contribution in [0.1, 0.15) is 31.7 Å². The zero-order chi connectivity index (χ0) is 21.2. The van der Waals surface area contributed by atoms with Gasteiger partial charge < -0.3 is 24.8 Å². The predicted molar refractivity (Wildman–Crippen MR) is 111 cm³/mol. The van der Waals surface area contributed by atoms with Crippen LogP contribution in [-0.4, -0.2) is 48.2 Å². The Kier molecular flexibility index (Phi) is 8.20. The highest BCUT2D eigenvalue weighted by Crippen LogP contribution is 2.29. The van der Waals surface area contributed by atoms with Crippen LogP contribution in [0.25, 0.3) is 6.08 Å². The van der Waals surface area contributed by atoms with Crippen molar-refractivity contribution in [1.29, 1.82) is 0 Å². The van der Waals surface area contributed by atoms with Gasteiger partial charge in [0.15, 0.2) is 23.9 Å². The van der Waals surface area contributed by atoms with E-state index >= 15 is 0 Å². The molecular weight excluding hydrogens is 374 g/mol. The van der Waals surface area contributed by atoms with E-state index < -0.39 is 5.97 Å². The van der Waals surface area contributed by atoms with Crippen molar-refractivity contribution in [3.63, 3.8) is 0 Å². The van der Waals surface area contributed by atoms with Gasteiger partial charge in [0, 0.05) is 20.2 Å². The summed E-state index contributed by atoms with van der Waals surface area (Å²) in [6, 6.07) is 5.48. The minimum atomic E-state index is -0.528. The van der Waals surface area contributed by atoms with Gasteiger partial charge in [0.1, 0.15) is 0 Å². The minimum Gasteiger partial charge on any atom is -0.490 e. The molecule has 0 fully saturated rings. The van der Waals surface area contributed by atoms with E-state index in [1.807, 2.05) is 32.0 Å². The molecule has 0 bridgehead atoms. The first kappa shape index (κ1) is 21.9. The number of carbonyl (C=O) groups excluding carboxylic acids is 1. The number of hydrogen-bond donors (Lipinski definition) is 1. The van der Waals surface area contributed by atoms with Crippen LogP contribution in [0, 0.1) is 0 Å². The molecule has 0 amide bonds. The summed E-state index contributed by atoms with van der Waals surface area (Å²) in [5, 5.41) is 0. The summed E-state index contributed by atoms with van der Waals surface area (Å²) >= 11 is 0. The van der Waals surface area contributed by atoms with Crippen molar-refractivity contribution in [2.75, 3.05) is 37.9 Å². The third-order valence-electron chi connectivity index (χ3n) is 3.57. The summed E-state index contributed by atoms with van der Waals surface area (Å²) in [5.41, 5.74) is 6.44. The lowest BCUT2D eigenvalue weighted by molar-refractivity contribution is -0.139. The smallest absolute Gasteiger partial charge is 0.331 e. The van der Waals surface area contributed by atoms with Gasteiger partial charge in [0.2, 0.25) is 11.9 Å². The molecule has 156 valence electrons. The lowest BCUT2D eigenvalue weighted by Crippen LogP contribution is -2.17. The van der Waals surface area contributed by atoms with Crippen molar-refractivity contribution in [2.45, 2.75) is 26.9 Å². The standard InChI is InChI=1S/C20H27N5O4/c1-5-11-28-15-9-7-14(12-16(15)27-6-2)8-10-18(26)29-13-17-22-19(21)24-20(23-17)25(3)4/h7-10,12H,5-6,11,13H2,1-4H3,(H2,21,22,23,24)/b10-8+. The molecule has 0 atom stereocenters. The van der Waals surface area contributed by atoms with Gasteiger partial charge in [-0.05, 0) is 37.1 Å². The van der Waals surface area contributed by atoms with Gasteiger partial charge in [0.25, 0.3) is 0 Å². The number of rotatable bonds is 10. The molecule has 2 N–H and O–H groups in total. The summed E-state index contributed by atoms with van der Waals surface area (Å²) in [7, 11) is 3.56. The summed E-state index contributed by atoms with van der Waals surface area (Å²) in [6.45, 7) is 4.96. The number of nitrogen functional groups attached to an aromatic ring is 1. The highest BCUT2D eigenvalue weighted by atomic mass is 16.5. The Hall–Kier alpha value is -3.36. The average molecular weight is 401 g/mol. The number of anilines is 2. The first-order chi connectivity index (χ1) is 13.9. The molecule has 0 aliphatic rings. The van der Waals surface area contributed by atoms with Crippen molar-refractivity contribution >= 4 is 23.9 Å². The molecule has 0 radical (unpaired) electrons. The highest BCUT2D eigenvalue weighted by molar-refractivity contribution is 5.87. The van der Waals surface area contributed by atoms with Crippen LogP contribution in [-0.2, 0) is 16.1 Å². The van der Waals surface area contributed by atoms with Gasteiger partial charge >= 0.3 is 5.97 Å². The fourth-order valence-electron chi connectivity index (χ4n) is 2.27. The topological polar surface area (TPSA) is 113 Å². The van der Waals surface area contributed by atoms with Gasteiger partial charge in [-0.3, -0.25) is 0 Å². The second-order valence-electron chi connectivity index (χ2n) is 6.23. The Morgan fingerprint density at radius 2 is 1.93 bits per heavy atom. The number of esters is 1. The van der Waals surface area contributed by atoms with Gasteiger partial charge in [-0.25, -0.2) is 4.79 Å². The van der Waals surface area contributed by atoms with Crippen LogP contribution in [0.4, 0.5) is 11.9 Å². The molecule has 1 heterocycles. The Bertz CT molecular complexity index is 855. The molecule has 1 aromatic carbocycles. The maximum atomic E-state index is 12.0.